The van der Waals surface area contributed by atoms with E-state index >= 15 is 0 Å². The Bertz CT molecular complexity index is 405. The Hall–Kier alpha value is -0.970. The lowest BCUT2D eigenvalue weighted by Gasteiger charge is -2.22. The highest BCUT2D eigenvalue weighted by molar-refractivity contribution is 5.20. The SMILES string of the molecule is CC(C)NCC(OCC1CCOC1)c1ccccc1F. The van der Waals surface area contributed by atoms with Crippen molar-refractivity contribution in [3.8, 4) is 0 Å². The van der Waals surface area contributed by atoms with Crippen LogP contribution in [0.1, 0.15) is 31.9 Å². The van der Waals surface area contributed by atoms with E-state index in [1.165, 1.54) is 6.07 Å². The van der Waals surface area contributed by atoms with Gasteiger partial charge in [0.1, 0.15) is 5.82 Å². The zero-order valence-corrected chi connectivity index (χ0v) is 12.3. The third-order valence-electron chi connectivity index (χ3n) is 3.52. The minimum Gasteiger partial charge on any atom is -0.381 e. The first-order valence-corrected chi connectivity index (χ1v) is 7.34. The molecule has 0 bridgehead atoms. The summed E-state index contributed by atoms with van der Waals surface area (Å²) >= 11 is 0. The molecule has 0 amide bonds. The standard InChI is InChI=1S/C16H24FNO2/c1-12(2)18-9-16(14-5-3-4-6-15(14)17)20-11-13-7-8-19-10-13/h3-6,12-13,16,18H,7-11H2,1-2H3. The van der Waals surface area contributed by atoms with Gasteiger partial charge >= 0.3 is 0 Å². The van der Waals surface area contributed by atoms with Crippen molar-refractivity contribution in [2.75, 3.05) is 26.4 Å². The number of nitrogens with one attached hydrogen (secondary N) is 1. The summed E-state index contributed by atoms with van der Waals surface area (Å²) < 4.78 is 25.2. The van der Waals surface area contributed by atoms with Crippen molar-refractivity contribution < 1.29 is 13.9 Å². The molecule has 1 aromatic carbocycles. The molecule has 20 heavy (non-hydrogen) atoms. The first kappa shape index (κ1) is 15.4. The summed E-state index contributed by atoms with van der Waals surface area (Å²) in [4.78, 5) is 0. The van der Waals surface area contributed by atoms with Crippen LogP contribution in [0.5, 0.6) is 0 Å². The van der Waals surface area contributed by atoms with Crippen molar-refractivity contribution in [2.24, 2.45) is 5.92 Å². The van der Waals surface area contributed by atoms with Crippen molar-refractivity contribution in [3.05, 3.63) is 35.6 Å². The van der Waals surface area contributed by atoms with Crippen molar-refractivity contribution >= 4 is 0 Å². The molecular weight excluding hydrogens is 257 g/mol. The lowest BCUT2D eigenvalue weighted by Crippen LogP contribution is -2.30. The van der Waals surface area contributed by atoms with Crippen LogP contribution in [0.3, 0.4) is 0 Å². The predicted molar refractivity (Wildman–Crippen MR) is 77.2 cm³/mol. The fraction of sp³-hybridized carbons (Fsp3) is 0.625. The third kappa shape index (κ3) is 4.54. The molecule has 0 spiro atoms. The fourth-order valence-electron chi connectivity index (χ4n) is 2.30. The van der Waals surface area contributed by atoms with E-state index in [0.29, 0.717) is 30.7 Å². The van der Waals surface area contributed by atoms with Gasteiger partial charge in [0.05, 0.1) is 19.3 Å². The molecule has 3 nitrogen and oxygen atoms in total. The predicted octanol–water partition coefficient (Wildman–Crippen LogP) is 2.92. The van der Waals surface area contributed by atoms with E-state index in [-0.39, 0.29) is 11.9 Å². The van der Waals surface area contributed by atoms with E-state index in [9.17, 15) is 4.39 Å². The maximum absolute atomic E-state index is 13.9. The Morgan fingerprint density at radius 3 is 2.85 bits per heavy atom. The number of hydrogen-bond acceptors (Lipinski definition) is 3. The second kappa shape index (κ2) is 7.72. The summed E-state index contributed by atoms with van der Waals surface area (Å²) in [6, 6.07) is 7.19. The van der Waals surface area contributed by atoms with Crippen LogP contribution < -0.4 is 5.32 Å². The number of ether oxygens (including phenoxy) is 2. The first-order valence-electron chi connectivity index (χ1n) is 7.34. The molecule has 1 fully saturated rings. The van der Waals surface area contributed by atoms with Gasteiger partial charge in [-0.3, -0.25) is 0 Å². The van der Waals surface area contributed by atoms with Gasteiger partial charge in [0.2, 0.25) is 0 Å². The molecule has 2 unspecified atom stereocenters. The number of hydrogen-bond donors (Lipinski definition) is 1. The van der Waals surface area contributed by atoms with E-state index < -0.39 is 0 Å². The van der Waals surface area contributed by atoms with Crippen LogP contribution in [-0.2, 0) is 9.47 Å². The highest BCUT2D eigenvalue weighted by Gasteiger charge is 2.21. The Kier molecular flexibility index (Phi) is 5.95. The molecule has 2 rings (SSSR count). The van der Waals surface area contributed by atoms with Crippen molar-refractivity contribution in [3.63, 3.8) is 0 Å². The molecule has 0 aromatic heterocycles. The molecule has 0 aliphatic carbocycles. The average Bonchev–Trinajstić information content (AvgIpc) is 2.93. The van der Waals surface area contributed by atoms with E-state index in [0.717, 1.165) is 19.6 Å². The van der Waals surface area contributed by atoms with Crippen LogP contribution in [0.4, 0.5) is 4.39 Å². The second-order valence-electron chi connectivity index (χ2n) is 5.64. The lowest BCUT2D eigenvalue weighted by molar-refractivity contribution is 0.0225. The van der Waals surface area contributed by atoms with Gasteiger partial charge in [-0.05, 0) is 12.5 Å². The van der Waals surface area contributed by atoms with Gasteiger partial charge in [-0.1, -0.05) is 32.0 Å². The minimum absolute atomic E-state index is 0.203. The molecule has 1 heterocycles. The lowest BCUT2D eigenvalue weighted by atomic mass is 10.1. The molecule has 1 aliphatic rings. The molecule has 1 aromatic rings. The highest BCUT2D eigenvalue weighted by atomic mass is 19.1. The van der Waals surface area contributed by atoms with Crippen LogP contribution in [0, 0.1) is 11.7 Å². The summed E-state index contributed by atoms with van der Waals surface area (Å²) in [7, 11) is 0. The second-order valence-corrected chi connectivity index (χ2v) is 5.64. The van der Waals surface area contributed by atoms with Crippen molar-refractivity contribution in [1.82, 2.24) is 5.32 Å². The summed E-state index contributed by atoms with van der Waals surface area (Å²) in [5.41, 5.74) is 0.625. The molecule has 4 heteroatoms. The molecule has 0 saturated carbocycles. The first-order chi connectivity index (χ1) is 9.66. The number of rotatable bonds is 7. The molecule has 2 atom stereocenters. The van der Waals surface area contributed by atoms with Crippen molar-refractivity contribution in [2.45, 2.75) is 32.4 Å². The molecule has 1 N–H and O–H groups in total. The minimum atomic E-state index is -0.251. The molecule has 1 saturated heterocycles. The van der Waals surface area contributed by atoms with Crippen LogP contribution >= 0.6 is 0 Å². The Morgan fingerprint density at radius 1 is 1.40 bits per heavy atom. The van der Waals surface area contributed by atoms with Gasteiger partial charge in [-0.2, -0.15) is 0 Å². The largest absolute Gasteiger partial charge is 0.381 e. The van der Waals surface area contributed by atoms with Gasteiger partial charge in [0, 0.05) is 30.7 Å². The fourth-order valence-corrected chi connectivity index (χ4v) is 2.30. The van der Waals surface area contributed by atoms with Gasteiger partial charge in [-0.25, -0.2) is 4.39 Å². The summed E-state index contributed by atoms with van der Waals surface area (Å²) in [6.07, 6.45) is 0.779. The summed E-state index contributed by atoms with van der Waals surface area (Å²) in [5, 5.41) is 3.32. The normalized spacial score (nSPS) is 20.5. The molecule has 1 aliphatic heterocycles. The van der Waals surface area contributed by atoms with Crippen LogP contribution in [0.25, 0.3) is 0 Å². The van der Waals surface area contributed by atoms with Gasteiger partial charge in [-0.15, -0.1) is 0 Å². The quantitative estimate of drug-likeness (QED) is 0.833. The van der Waals surface area contributed by atoms with Crippen molar-refractivity contribution in [1.29, 1.82) is 0 Å². The maximum Gasteiger partial charge on any atom is 0.129 e. The third-order valence-corrected chi connectivity index (χ3v) is 3.52. The van der Waals surface area contributed by atoms with E-state index in [1.54, 1.807) is 12.1 Å². The number of halogens is 1. The van der Waals surface area contributed by atoms with Crippen LogP contribution in [0.2, 0.25) is 0 Å². The van der Waals surface area contributed by atoms with E-state index in [2.05, 4.69) is 19.2 Å². The van der Waals surface area contributed by atoms with Gasteiger partial charge in [0.15, 0.2) is 0 Å². The zero-order chi connectivity index (χ0) is 14.4. The van der Waals surface area contributed by atoms with E-state index in [1.807, 2.05) is 6.07 Å². The summed E-state index contributed by atoms with van der Waals surface area (Å²) in [5.74, 6) is 0.231. The smallest absolute Gasteiger partial charge is 0.129 e. The highest BCUT2D eigenvalue weighted by Crippen LogP contribution is 2.22. The molecule has 112 valence electrons. The monoisotopic (exact) mass is 281 g/mol. The zero-order valence-electron chi connectivity index (χ0n) is 12.3. The molecular formula is C16H24FNO2. The molecule has 0 radical (unpaired) electrons. The Labute approximate surface area is 120 Å². The van der Waals surface area contributed by atoms with E-state index in [4.69, 9.17) is 9.47 Å². The average molecular weight is 281 g/mol. The van der Waals surface area contributed by atoms with Gasteiger partial charge < -0.3 is 14.8 Å². The van der Waals surface area contributed by atoms with Gasteiger partial charge in [0.25, 0.3) is 0 Å². The van der Waals surface area contributed by atoms with Crippen LogP contribution in [0.15, 0.2) is 24.3 Å². The number of benzene rings is 1. The Balaban J connectivity index is 1.97. The topological polar surface area (TPSA) is 30.5 Å². The summed E-state index contributed by atoms with van der Waals surface area (Å²) in [6.45, 7) is 6.95. The maximum atomic E-state index is 13.9. The van der Waals surface area contributed by atoms with Crippen LogP contribution in [-0.4, -0.2) is 32.4 Å². The Morgan fingerprint density at radius 2 is 2.20 bits per heavy atom.